The van der Waals surface area contributed by atoms with Crippen LogP contribution in [0.2, 0.25) is 0 Å². The molecule has 1 fully saturated rings. The normalized spacial score (nSPS) is 20.6. The number of aromatic nitrogens is 2. The fraction of sp³-hybridized carbons (Fsp3) is 0.333. The highest BCUT2D eigenvalue weighted by molar-refractivity contribution is 5.90. The molecule has 2 aromatic rings. The second-order valence-corrected chi connectivity index (χ2v) is 7.15. The fourth-order valence-corrected chi connectivity index (χ4v) is 3.62. The molecular weight excluding hydrogens is 358 g/mol. The molecule has 0 saturated carbocycles. The summed E-state index contributed by atoms with van der Waals surface area (Å²) in [5.74, 6) is 4.44. The molecule has 1 aliphatic carbocycles. The first-order valence-electron chi connectivity index (χ1n) is 9.12. The highest BCUT2D eigenvalue weighted by atomic mass is 16.4. The molecule has 1 aromatic heterocycles. The van der Waals surface area contributed by atoms with E-state index in [9.17, 15) is 19.8 Å². The van der Waals surface area contributed by atoms with Gasteiger partial charge in [0.15, 0.2) is 11.5 Å². The van der Waals surface area contributed by atoms with Gasteiger partial charge in [-0.15, -0.1) is 0 Å². The summed E-state index contributed by atoms with van der Waals surface area (Å²) < 4.78 is 0. The molecule has 0 bridgehead atoms. The largest absolute Gasteiger partial charge is 0.476 e. The summed E-state index contributed by atoms with van der Waals surface area (Å²) in [4.78, 5) is 33.9. The van der Waals surface area contributed by atoms with Gasteiger partial charge in [0.25, 0.3) is 5.91 Å². The summed E-state index contributed by atoms with van der Waals surface area (Å²) in [6.45, 7) is 0.463. The van der Waals surface area contributed by atoms with E-state index >= 15 is 0 Å². The summed E-state index contributed by atoms with van der Waals surface area (Å²) in [6.07, 6.45) is 2.57. The van der Waals surface area contributed by atoms with Crippen molar-refractivity contribution in [3.05, 3.63) is 46.8 Å². The Balaban J connectivity index is 1.70. The zero-order valence-corrected chi connectivity index (χ0v) is 15.4. The second-order valence-electron chi connectivity index (χ2n) is 7.15. The van der Waals surface area contributed by atoms with Crippen molar-refractivity contribution >= 4 is 11.9 Å². The third kappa shape index (κ3) is 3.12. The monoisotopic (exact) mass is 377 g/mol. The van der Waals surface area contributed by atoms with Gasteiger partial charge in [0.2, 0.25) is 5.60 Å². The maximum Gasteiger partial charge on any atom is 0.354 e. The Morgan fingerprint density at radius 3 is 2.82 bits per heavy atom. The molecule has 0 unspecified atom stereocenters. The van der Waals surface area contributed by atoms with E-state index < -0.39 is 17.5 Å². The predicted octanol–water partition coefficient (Wildman–Crippen LogP) is 1.28. The number of carbonyl (C=O) groups excluding carboxylic acids is 1. The summed E-state index contributed by atoms with van der Waals surface area (Å²) in [5, 5.41) is 19.9. The first kappa shape index (κ1) is 18.1. The van der Waals surface area contributed by atoms with Crippen molar-refractivity contribution in [1.29, 1.82) is 0 Å². The second kappa shape index (κ2) is 6.73. The van der Waals surface area contributed by atoms with Crippen LogP contribution in [-0.4, -0.2) is 56.2 Å². The highest BCUT2D eigenvalue weighted by Crippen LogP contribution is 2.27. The average Bonchev–Trinajstić information content (AvgIpc) is 3.26. The number of hydrogen-bond donors (Lipinski definition) is 2. The van der Waals surface area contributed by atoms with E-state index in [0.29, 0.717) is 29.9 Å². The van der Waals surface area contributed by atoms with Crippen molar-refractivity contribution < 1.29 is 19.8 Å². The van der Waals surface area contributed by atoms with Crippen LogP contribution in [-0.2, 0) is 17.6 Å². The van der Waals surface area contributed by atoms with Gasteiger partial charge in [0.1, 0.15) is 0 Å². The van der Waals surface area contributed by atoms with Gasteiger partial charge in [-0.05, 0) is 31.4 Å². The molecule has 2 aliphatic rings. The van der Waals surface area contributed by atoms with E-state index in [1.54, 1.807) is 31.3 Å². The number of carboxylic acid groups (broad SMARTS) is 1. The zero-order chi connectivity index (χ0) is 19.9. The number of likely N-dealkylation sites (tertiary alicyclic amines) is 1. The van der Waals surface area contributed by atoms with Crippen LogP contribution in [0.4, 0.5) is 0 Å². The smallest absolute Gasteiger partial charge is 0.354 e. The minimum absolute atomic E-state index is 0.0582. The number of rotatable bonds is 2. The van der Waals surface area contributed by atoms with E-state index in [0.717, 1.165) is 24.1 Å². The van der Waals surface area contributed by atoms with E-state index in [-0.39, 0.29) is 12.1 Å². The lowest BCUT2D eigenvalue weighted by Gasteiger charge is -2.13. The van der Waals surface area contributed by atoms with Crippen LogP contribution in [0.5, 0.6) is 0 Å². The number of amides is 1. The number of carboxylic acids is 1. The number of aryl methyl sites for hydroxylation is 1. The summed E-state index contributed by atoms with van der Waals surface area (Å²) in [5.41, 5.74) is 1.14. The number of fused-ring (bicyclic) bond motifs is 1. The number of aliphatic hydroxyl groups is 1. The van der Waals surface area contributed by atoms with Crippen molar-refractivity contribution in [2.45, 2.75) is 31.3 Å². The van der Waals surface area contributed by atoms with Gasteiger partial charge in [-0.3, -0.25) is 4.79 Å². The molecule has 0 spiro atoms. The topological polar surface area (TPSA) is 104 Å². The van der Waals surface area contributed by atoms with Crippen LogP contribution >= 0.6 is 0 Å². The van der Waals surface area contributed by atoms with Gasteiger partial charge in [-0.2, -0.15) is 0 Å². The Hall–Kier alpha value is -3.24. The fourth-order valence-electron chi connectivity index (χ4n) is 3.62. The van der Waals surface area contributed by atoms with Crippen LogP contribution in [0.3, 0.4) is 0 Å². The van der Waals surface area contributed by atoms with Crippen molar-refractivity contribution in [3.8, 4) is 23.2 Å². The van der Waals surface area contributed by atoms with E-state index in [1.165, 1.54) is 4.90 Å². The van der Waals surface area contributed by atoms with Gasteiger partial charge in [0.05, 0.1) is 0 Å². The number of benzene rings is 1. The minimum atomic E-state index is -1.66. The van der Waals surface area contributed by atoms with E-state index in [2.05, 4.69) is 21.8 Å². The van der Waals surface area contributed by atoms with Gasteiger partial charge in [-0.25, -0.2) is 14.8 Å². The highest BCUT2D eigenvalue weighted by Gasteiger charge is 2.42. The Kier molecular flexibility index (Phi) is 4.36. The Morgan fingerprint density at radius 2 is 2.11 bits per heavy atom. The van der Waals surface area contributed by atoms with Gasteiger partial charge >= 0.3 is 5.97 Å². The molecule has 0 radical (unpaired) electrons. The lowest BCUT2D eigenvalue weighted by molar-refractivity contribution is -0.137. The molecule has 28 heavy (non-hydrogen) atoms. The third-order valence-corrected chi connectivity index (χ3v) is 5.18. The SMILES string of the molecule is CN1CC[C@@](O)(C#Cc2cccc(-c3nc4c(c(C(=O)O)n3)CCC4)c2)C1=O. The number of hydrogen-bond acceptors (Lipinski definition) is 5. The van der Waals surface area contributed by atoms with Crippen molar-refractivity contribution in [2.75, 3.05) is 13.6 Å². The Bertz CT molecular complexity index is 1050. The molecule has 1 atom stereocenters. The maximum absolute atomic E-state index is 12.0. The van der Waals surface area contributed by atoms with Crippen LogP contribution < -0.4 is 0 Å². The molecule has 2 N–H and O–H groups in total. The zero-order valence-electron chi connectivity index (χ0n) is 15.4. The molecule has 7 heteroatoms. The predicted molar refractivity (Wildman–Crippen MR) is 101 cm³/mol. The van der Waals surface area contributed by atoms with Crippen LogP contribution in [0.15, 0.2) is 24.3 Å². The number of likely N-dealkylation sites (N-methyl/N-ethyl adjacent to an activating group) is 1. The van der Waals surface area contributed by atoms with Crippen molar-refractivity contribution in [2.24, 2.45) is 0 Å². The molecule has 7 nitrogen and oxygen atoms in total. The summed E-state index contributed by atoms with van der Waals surface area (Å²) in [6, 6.07) is 7.05. The first-order valence-corrected chi connectivity index (χ1v) is 9.12. The average molecular weight is 377 g/mol. The van der Waals surface area contributed by atoms with Crippen LogP contribution in [0.1, 0.15) is 40.2 Å². The first-order chi connectivity index (χ1) is 13.4. The number of aromatic carboxylic acids is 1. The third-order valence-electron chi connectivity index (χ3n) is 5.18. The quantitative estimate of drug-likeness (QED) is 0.764. The van der Waals surface area contributed by atoms with E-state index in [1.807, 2.05) is 0 Å². The lowest BCUT2D eigenvalue weighted by Crippen LogP contribution is -2.37. The van der Waals surface area contributed by atoms with Crippen LogP contribution in [0, 0.1) is 11.8 Å². The van der Waals surface area contributed by atoms with E-state index in [4.69, 9.17) is 0 Å². The van der Waals surface area contributed by atoms with Crippen molar-refractivity contribution in [1.82, 2.24) is 14.9 Å². The molecule has 142 valence electrons. The molecule has 1 aliphatic heterocycles. The van der Waals surface area contributed by atoms with Gasteiger partial charge in [0, 0.05) is 42.4 Å². The van der Waals surface area contributed by atoms with Gasteiger partial charge < -0.3 is 15.1 Å². The van der Waals surface area contributed by atoms with Gasteiger partial charge in [-0.1, -0.05) is 24.0 Å². The summed E-state index contributed by atoms with van der Waals surface area (Å²) >= 11 is 0. The molecular formula is C21H19N3O4. The number of nitrogens with zero attached hydrogens (tertiary/aromatic N) is 3. The Morgan fingerprint density at radius 1 is 1.29 bits per heavy atom. The summed E-state index contributed by atoms with van der Waals surface area (Å²) in [7, 11) is 1.63. The molecule has 1 amide bonds. The minimum Gasteiger partial charge on any atom is -0.476 e. The maximum atomic E-state index is 12.0. The molecule has 2 heterocycles. The number of carbonyl (C=O) groups is 2. The lowest BCUT2D eigenvalue weighted by atomic mass is 10.0. The Labute approximate surface area is 162 Å². The van der Waals surface area contributed by atoms with Crippen molar-refractivity contribution in [3.63, 3.8) is 0 Å². The molecule has 1 aromatic carbocycles. The standard InChI is InChI=1S/C21H19N3O4/c1-24-11-10-21(28,20(24)27)9-8-13-4-2-5-14(12-13)18-22-16-7-3-6-15(16)17(23-18)19(25)26/h2,4-5,12,28H,3,6-7,10-11H2,1H3,(H,25,26)/t21-/m0/s1. The molecule has 4 rings (SSSR count). The molecule has 1 saturated heterocycles. The van der Waals surface area contributed by atoms with Crippen LogP contribution in [0.25, 0.3) is 11.4 Å².